The molecule has 2 unspecified atom stereocenters. The van der Waals surface area contributed by atoms with Crippen molar-refractivity contribution < 1.29 is 9.59 Å². The summed E-state index contributed by atoms with van der Waals surface area (Å²) in [7, 11) is 0. The van der Waals surface area contributed by atoms with Gasteiger partial charge < -0.3 is 15.5 Å². The summed E-state index contributed by atoms with van der Waals surface area (Å²) in [6.45, 7) is 2.99. The molecule has 164 valence electrons. The molecular formula is C20H27Cl2N5O2S. The maximum atomic E-state index is 12.9. The van der Waals surface area contributed by atoms with Gasteiger partial charge in [-0.1, -0.05) is 0 Å². The van der Waals surface area contributed by atoms with E-state index < -0.39 is 0 Å². The summed E-state index contributed by atoms with van der Waals surface area (Å²) >= 11 is 1.42. The summed E-state index contributed by atoms with van der Waals surface area (Å²) in [5.74, 6) is 0.423. The summed E-state index contributed by atoms with van der Waals surface area (Å²) in [5, 5.41) is 7.12. The van der Waals surface area contributed by atoms with Crippen molar-refractivity contribution >= 4 is 48.0 Å². The largest absolute Gasteiger partial charge is 0.354 e. The molecule has 0 saturated carbocycles. The molecule has 2 aromatic heterocycles. The van der Waals surface area contributed by atoms with Gasteiger partial charge in [-0.05, 0) is 50.3 Å². The fourth-order valence-electron chi connectivity index (χ4n) is 3.85. The molecule has 2 aromatic rings. The van der Waals surface area contributed by atoms with Gasteiger partial charge in [0.15, 0.2) is 0 Å². The van der Waals surface area contributed by atoms with E-state index in [1.165, 1.54) is 11.3 Å². The highest BCUT2D eigenvalue weighted by Crippen LogP contribution is 2.27. The van der Waals surface area contributed by atoms with Crippen LogP contribution in [0.1, 0.15) is 35.4 Å². The molecule has 2 aliphatic rings. The normalized spacial score (nSPS) is 20.7. The van der Waals surface area contributed by atoms with Gasteiger partial charge in [-0.25, -0.2) is 4.98 Å². The Bertz CT molecular complexity index is 830. The number of aromatic nitrogens is 2. The average molecular weight is 472 g/mol. The van der Waals surface area contributed by atoms with Crippen LogP contribution in [-0.4, -0.2) is 58.9 Å². The molecule has 0 aromatic carbocycles. The number of rotatable bonds is 5. The minimum Gasteiger partial charge on any atom is -0.354 e. The first-order valence-electron chi connectivity index (χ1n) is 9.87. The Morgan fingerprint density at radius 3 is 2.73 bits per heavy atom. The minimum absolute atomic E-state index is 0. The number of halogens is 2. The number of thiazole rings is 1. The molecule has 2 aliphatic heterocycles. The average Bonchev–Trinajstić information content (AvgIpc) is 3.45. The van der Waals surface area contributed by atoms with Crippen molar-refractivity contribution in [2.75, 3.05) is 26.2 Å². The van der Waals surface area contributed by atoms with E-state index in [0.717, 1.165) is 49.3 Å². The molecule has 2 N–H and O–H groups in total. The second kappa shape index (κ2) is 11.6. The fourth-order valence-corrected chi connectivity index (χ4v) is 4.74. The molecule has 2 atom stereocenters. The predicted octanol–water partition coefficient (Wildman–Crippen LogP) is 2.77. The lowest BCUT2D eigenvalue weighted by atomic mass is 9.97. The van der Waals surface area contributed by atoms with Gasteiger partial charge >= 0.3 is 0 Å². The van der Waals surface area contributed by atoms with E-state index in [4.69, 9.17) is 0 Å². The van der Waals surface area contributed by atoms with Gasteiger partial charge in [-0.2, -0.15) is 0 Å². The number of piperidine rings is 1. The Morgan fingerprint density at radius 2 is 2.00 bits per heavy atom. The SMILES string of the molecule is Cl.Cl.O=C(NCC1CCCN(C(=O)c2cnc(-c3ccncc3)s2)C1)C1CCCN1. The molecule has 0 spiro atoms. The lowest BCUT2D eigenvalue weighted by molar-refractivity contribution is -0.123. The predicted molar refractivity (Wildman–Crippen MR) is 123 cm³/mol. The van der Waals surface area contributed by atoms with Crippen LogP contribution in [0.2, 0.25) is 0 Å². The van der Waals surface area contributed by atoms with E-state index in [1.807, 2.05) is 17.0 Å². The van der Waals surface area contributed by atoms with Crippen molar-refractivity contribution in [1.82, 2.24) is 25.5 Å². The second-order valence-corrected chi connectivity index (χ2v) is 8.45. The zero-order valence-electron chi connectivity index (χ0n) is 16.6. The number of carbonyl (C=O) groups excluding carboxylic acids is 2. The van der Waals surface area contributed by atoms with Gasteiger partial charge in [-0.15, -0.1) is 36.2 Å². The third-order valence-corrected chi connectivity index (χ3v) is 6.43. The monoisotopic (exact) mass is 471 g/mol. The lowest BCUT2D eigenvalue weighted by Crippen LogP contribution is -2.46. The van der Waals surface area contributed by atoms with E-state index in [0.29, 0.717) is 23.9 Å². The smallest absolute Gasteiger partial charge is 0.265 e. The number of hydrogen-bond acceptors (Lipinski definition) is 6. The lowest BCUT2D eigenvalue weighted by Gasteiger charge is -2.32. The number of amides is 2. The number of nitrogens with one attached hydrogen (secondary N) is 2. The van der Waals surface area contributed by atoms with Gasteiger partial charge in [0.05, 0.1) is 12.2 Å². The fraction of sp³-hybridized carbons (Fsp3) is 0.500. The molecule has 4 heterocycles. The number of likely N-dealkylation sites (tertiary alicyclic amines) is 1. The van der Waals surface area contributed by atoms with Gasteiger partial charge in [0, 0.05) is 37.6 Å². The molecule has 2 fully saturated rings. The van der Waals surface area contributed by atoms with Crippen LogP contribution < -0.4 is 10.6 Å². The van der Waals surface area contributed by atoms with Crippen molar-refractivity contribution in [3.05, 3.63) is 35.6 Å². The summed E-state index contributed by atoms with van der Waals surface area (Å²) in [6, 6.07) is 3.74. The first-order valence-corrected chi connectivity index (χ1v) is 10.7. The maximum Gasteiger partial charge on any atom is 0.265 e. The Hall–Kier alpha value is -1.74. The van der Waals surface area contributed by atoms with Crippen molar-refractivity contribution in [2.45, 2.75) is 31.7 Å². The van der Waals surface area contributed by atoms with Gasteiger partial charge in [-0.3, -0.25) is 14.6 Å². The van der Waals surface area contributed by atoms with Crippen LogP contribution in [0, 0.1) is 5.92 Å². The van der Waals surface area contributed by atoms with Crippen LogP contribution in [-0.2, 0) is 4.79 Å². The molecule has 4 rings (SSSR count). The second-order valence-electron chi connectivity index (χ2n) is 7.42. The van der Waals surface area contributed by atoms with Crippen LogP contribution >= 0.6 is 36.2 Å². The Labute approximate surface area is 192 Å². The molecule has 10 heteroatoms. The first kappa shape index (κ1) is 24.5. The molecule has 0 aliphatic carbocycles. The summed E-state index contributed by atoms with van der Waals surface area (Å²) < 4.78 is 0. The highest BCUT2D eigenvalue weighted by molar-refractivity contribution is 7.16. The molecule has 2 saturated heterocycles. The summed E-state index contributed by atoms with van der Waals surface area (Å²) in [5.41, 5.74) is 0.971. The number of carbonyl (C=O) groups is 2. The Balaban J connectivity index is 0.00000160. The van der Waals surface area contributed by atoms with Crippen LogP contribution in [0.5, 0.6) is 0 Å². The zero-order chi connectivity index (χ0) is 19.3. The number of nitrogens with zero attached hydrogens (tertiary/aromatic N) is 3. The summed E-state index contributed by atoms with van der Waals surface area (Å²) in [6.07, 6.45) is 9.08. The highest BCUT2D eigenvalue weighted by atomic mass is 35.5. The van der Waals surface area contributed by atoms with Crippen LogP contribution in [0.4, 0.5) is 0 Å². The molecule has 30 heavy (non-hydrogen) atoms. The highest BCUT2D eigenvalue weighted by Gasteiger charge is 2.27. The third-order valence-electron chi connectivity index (χ3n) is 5.39. The molecular weight excluding hydrogens is 445 g/mol. The van der Waals surface area contributed by atoms with Crippen molar-refractivity contribution in [1.29, 1.82) is 0 Å². The van der Waals surface area contributed by atoms with E-state index in [1.54, 1.807) is 18.6 Å². The maximum absolute atomic E-state index is 12.9. The van der Waals surface area contributed by atoms with E-state index in [2.05, 4.69) is 20.6 Å². The van der Waals surface area contributed by atoms with E-state index >= 15 is 0 Å². The quantitative estimate of drug-likeness (QED) is 0.699. The Morgan fingerprint density at radius 1 is 1.20 bits per heavy atom. The first-order chi connectivity index (χ1) is 13.7. The third kappa shape index (κ3) is 5.91. The summed E-state index contributed by atoms with van der Waals surface area (Å²) in [4.78, 5) is 36.1. The van der Waals surface area contributed by atoms with E-state index in [9.17, 15) is 9.59 Å². The van der Waals surface area contributed by atoms with Crippen molar-refractivity contribution in [3.8, 4) is 10.6 Å². The van der Waals surface area contributed by atoms with Crippen LogP contribution in [0.25, 0.3) is 10.6 Å². The number of pyridine rings is 1. The molecule has 0 bridgehead atoms. The van der Waals surface area contributed by atoms with Crippen molar-refractivity contribution in [3.63, 3.8) is 0 Å². The topological polar surface area (TPSA) is 87.2 Å². The standard InChI is InChI=1S/C20H25N5O2S.2ClH/c26-18(16-4-1-7-22-16)23-11-14-3-2-10-25(13-14)20(27)17-12-24-19(28-17)15-5-8-21-9-6-15;;/h5-6,8-9,12,14,16,22H,1-4,7,10-11,13H2,(H,23,26);2*1H. The minimum atomic E-state index is -0.0508. The van der Waals surface area contributed by atoms with Gasteiger partial charge in [0.2, 0.25) is 5.91 Å². The Kier molecular flexibility index (Phi) is 9.48. The number of hydrogen-bond donors (Lipinski definition) is 2. The van der Waals surface area contributed by atoms with Gasteiger partial charge in [0.1, 0.15) is 9.88 Å². The molecule has 2 amide bonds. The van der Waals surface area contributed by atoms with E-state index in [-0.39, 0.29) is 42.7 Å². The van der Waals surface area contributed by atoms with Gasteiger partial charge in [0.25, 0.3) is 5.91 Å². The van der Waals surface area contributed by atoms with Crippen LogP contribution in [0.15, 0.2) is 30.7 Å². The molecule has 0 radical (unpaired) electrons. The van der Waals surface area contributed by atoms with Crippen molar-refractivity contribution in [2.24, 2.45) is 5.92 Å². The zero-order valence-corrected chi connectivity index (χ0v) is 19.0. The molecule has 7 nitrogen and oxygen atoms in total. The van der Waals surface area contributed by atoms with Crippen LogP contribution in [0.3, 0.4) is 0 Å².